The van der Waals surface area contributed by atoms with E-state index in [-0.39, 0.29) is 34.2 Å². The van der Waals surface area contributed by atoms with Gasteiger partial charge in [0.2, 0.25) is 5.12 Å². The van der Waals surface area contributed by atoms with Crippen LogP contribution in [0.4, 0.5) is 4.39 Å². The Morgan fingerprint density at radius 1 is 1.07 bits per heavy atom. The molecule has 7 nitrogen and oxygen atoms in total. The van der Waals surface area contributed by atoms with E-state index >= 15 is 0 Å². The number of carbonyl (C=O) groups is 3. The number of rotatable bonds is 15. The Hall–Kier alpha value is -3.21. The van der Waals surface area contributed by atoms with Crippen molar-refractivity contribution in [3.8, 4) is 0 Å². The third kappa shape index (κ3) is 11.0. The number of halogens is 1. The SMILES string of the molecule is CSCC[C@H](NC(=O)c1cc(CC[C@@H]2C[C@H](SC(=O)c3cccnc3)CN2)ccc1CCc1ccc(F)cc1)C(=O)OC(C)C. The molecule has 0 spiro atoms. The fourth-order valence-corrected chi connectivity index (χ4v) is 6.85. The summed E-state index contributed by atoms with van der Waals surface area (Å²) in [5.41, 5.74) is 4.03. The largest absolute Gasteiger partial charge is 0.461 e. The van der Waals surface area contributed by atoms with E-state index in [4.69, 9.17) is 4.74 Å². The normalized spacial score (nSPS) is 16.8. The van der Waals surface area contributed by atoms with Crippen molar-refractivity contribution < 1.29 is 23.5 Å². The molecule has 240 valence electrons. The minimum absolute atomic E-state index is 0.0375. The number of nitrogens with one attached hydrogen (secondary N) is 2. The molecule has 4 rings (SSSR count). The molecular formula is C35H42FN3O4S2. The van der Waals surface area contributed by atoms with Gasteiger partial charge in [-0.1, -0.05) is 36.0 Å². The number of pyridine rings is 1. The number of benzene rings is 2. The molecule has 0 unspecified atom stereocenters. The first-order chi connectivity index (χ1) is 21.7. The molecule has 0 bridgehead atoms. The van der Waals surface area contributed by atoms with Crippen molar-refractivity contribution in [1.29, 1.82) is 0 Å². The van der Waals surface area contributed by atoms with Gasteiger partial charge in [0.1, 0.15) is 11.9 Å². The number of carbonyl (C=O) groups excluding carboxylic acids is 3. The monoisotopic (exact) mass is 651 g/mol. The van der Waals surface area contributed by atoms with Crippen LogP contribution in [0, 0.1) is 5.82 Å². The van der Waals surface area contributed by atoms with Crippen LogP contribution in [-0.2, 0) is 28.8 Å². The maximum absolute atomic E-state index is 13.7. The molecule has 1 fully saturated rings. The van der Waals surface area contributed by atoms with Gasteiger partial charge in [-0.15, -0.1) is 0 Å². The van der Waals surface area contributed by atoms with Gasteiger partial charge in [-0.05, 0) is 111 Å². The van der Waals surface area contributed by atoms with Crippen molar-refractivity contribution in [2.24, 2.45) is 0 Å². The Bertz CT molecular complexity index is 1420. The number of ether oxygens (including phenoxy) is 1. The zero-order valence-electron chi connectivity index (χ0n) is 26.1. The first-order valence-electron chi connectivity index (χ1n) is 15.4. The summed E-state index contributed by atoms with van der Waals surface area (Å²) in [6.45, 7) is 4.35. The standard InChI is InChI=1S/C35H42FN3O4S2/c1-23(2)43-34(41)32(16-18-44-3)39-33(40)31-19-25(7-12-26(31)11-6-24-8-13-28(36)14-9-24)10-15-29-20-30(22-38-29)45-35(42)27-5-4-17-37-21-27/h4-5,7-9,12-14,17,19,21,23,29-30,32,38H,6,10-11,15-16,18,20,22H2,1-3H3,(H,39,40)/t29-,30+,32+/m1/s1. The van der Waals surface area contributed by atoms with Gasteiger partial charge in [-0.25, -0.2) is 9.18 Å². The van der Waals surface area contributed by atoms with Gasteiger partial charge < -0.3 is 15.4 Å². The van der Waals surface area contributed by atoms with Crippen molar-refractivity contribution in [2.75, 3.05) is 18.6 Å². The van der Waals surface area contributed by atoms with Crippen molar-refractivity contribution in [3.05, 3.63) is 101 Å². The Morgan fingerprint density at radius 3 is 2.56 bits per heavy atom. The van der Waals surface area contributed by atoms with Gasteiger partial charge in [0, 0.05) is 41.4 Å². The number of esters is 1. The van der Waals surface area contributed by atoms with Gasteiger partial charge in [0.05, 0.1) is 6.10 Å². The number of aromatic nitrogens is 1. The van der Waals surface area contributed by atoms with E-state index in [0.29, 0.717) is 36.1 Å². The number of thioether (sulfide) groups is 2. The topological polar surface area (TPSA) is 97.4 Å². The zero-order chi connectivity index (χ0) is 32.2. The minimum Gasteiger partial charge on any atom is -0.461 e. The zero-order valence-corrected chi connectivity index (χ0v) is 27.7. The number of nitrogens with zero attached hydrogens (tertiary/aromatic N) is 1. The van der Waals surface area contributed by atoms with Gasteiger partial charge >= 0.3 is 5.97 Å². The quantitative estimate of drug-likeness (QED) is 0.192. The highest BCUT2D eigenvalue weighted by atomic mass is 32.2. The van der Waals surface area contributed by atoms with Crippen LogP contribution in [0.5, 0.6) is 0 Å². The molecule has 0 aliphatic carbocycles. The lowest BCUT2D eigenvalue weighted by Gasteiger charge is -2.20. The highest BCUT2D eigenvalue weighted by molar-refractivity contribution is 8.14. The van der Waals surface area contributed by atoms with Crippen LogP contribution in [0.1, 0.15) is 70.5 Å². The third-order valence-electron chi connectivity index (χ3n) is 7.70. The number of hydrogen-bond donors (Lipinski definition) is 2. The number of hydrogen-bond acceptors (Lipinski definition) is 8. The second-order valence-corrected chi connectivity index (χ2v) is 13.8. The van der Waals surface area contributed by atoms with Gasteiger partial charge in [-0.3, -0.25) is 14.6 Å². The Balaban J connectivity index is 1.44. The van der Waals surface area contributed by atoms with Crippen LogP contribution in [0.15, 0.2) is 67.0 Å². The second-order valence-electron chi connectivity index (χ2n) is 11.6. The van der Waals surface area contributed by atoms with Crippen molar-refractivity contribution >= 4 is 40.5 Å². The first-order valence-corrected chi connectivity index (χ1v) is 17.7. The van der Waals surface area contributed by atoms with Crippen molar-refractivity contribution in [1.82, 2.24) is 15.6 Å². The Kier molecular flexibility index (Phi) is 13.5. The summed E-state index contributed by atoms with van der Waals surface area (Å²) in [7, 11) is 0. The minimum atomic E-state index is -0.743. The summed E-state index contributed by atoms with van der Waals surface area (Å²) < 4.78 is 18.9. The molecule has 2 heterocycles. The first kappa shape index (κ1) is 34.7. The van der Waals surface area contributed by atoms with Crippen molar-refractivity contribution in [2.45, 2.75) is 75.8 Å². The number of aryl methyl sites for hydroxylation is 3. The molecule has 1 amide bonds. The molecule has 3 aromatic rings. The molecule has 2 N–H and O–H groups in total. The van der Waals surface area contributed by atoms with E-state index < -0.39 is 12.0 Å². The van der Waals surface area contributed by atoms with Gasteiger partial charge in [-0.2, -0.15) is 11.8 Å². The van der Waals surface area contributed by atoms with Crippen molar-refractivity contribution in [3.63, 3.8) is 0 Å². The summed E-state index contributed by atoms with van der Waals surface area (Å²) in [6.07, 6.45) is 9.16. The molecule has 1 aliphatic heterocycles. The van der Waals surface area contributed by atoms with E-state index in [1.165, 1.54) is 23.9 Å². The summed E-state index contributed by atoms with van der Waals surface area (Å²) in [5, 5.41) is 6.74. The molecule has 10 heteroatoms. The highest BCUT2D eigenvalue weighted by Crippen LogP contribution is 2.27. The van der Waals surface area contributed by atoms with Crippen LogP contribution in [0.2, 0.25) is 0 Å². The van der Waals surface area contributed by atoms with Gasteiger partial charge in [0.25, 0.3) is 5.91 Å². The average Bonchev–Trinajstić information content (AvgIpc) is 3.49. The summed E-state index contributed by atoms with van der Waals surface area (Å²) in [6, 6.07) is 15.5. The van der Waals surface area contributed by atoms with Crippen LogP contribution >= 0.6 is 23.5 Å². The average molecular weight is 652 g/mol. The van der Waals surface area contributed by atoms with Gasteiger partial charge in [0.15, 0.2) is 0 Å². The van der Waals surface area contributed by atoms with Crippen LogP contribution in [0.25, 0.3) is 0 Å². The Morgan fingerprint density at radius 2 is 1.84 bits per heavy atom. The van der Waals surface area contributed by atoms with Crippen LogP contribution in [0.3, 0.4) is 0 Å². The van der Waals surface area contributed by atoms with Crippen LogP contribution in [-0.4, -0.2) is 64.0 Å². The third-order valence-corrected chi connectivity index (χ3v) is 9.49. The lowest BCUT2D eigenvalue weighted by molar-refractivity contribution is -0.149. The molecular weight excluding hydrogens is 610 g/mol. The molecule has 3 atom stereocenters. The predicted octanol–water partition coefficient (Wildman–Crippen LogP) is 6.05. The smallest absolute Gasteiger partial charge is 0.328 e. The lowest BCUT2D eigenvalue weighted by atomic mass is 9.94. The highest BCUT2D eigenvalue weighted by Gasteiger charge is 2.28. The molecule has 0 saturated carbocycles. The maximum atomic E-state index is 13.7. The van der Waals surface area contributed by atoms with E-state index in [1.807, 2.05) is 18.4 Å². The fraction of sp³-hybridized carbons (Fsp3) is 0.429. The summed E-state index contributed by atoms with van der Waals surface area (Å²) >= 11 is 2.97. The molecule has 1 saturated heterocycles. The summed E-state index contributed by atoms with van der Waals surface area (Å²) in [4.78, 5) is 43.2. The molecule has 0 radical (unpaired) electrons. The van der Waals surface area contributed by atoms with E-state index in [0.717, 1.165) is 42.5 Å². The van der Waals surface area contributed by atoms with Crippen LogP contribution < -0.4 is 10.6 Å². The summed E-state index contributed by atoms with van der Waals surface area (Å²) in [5.74, 6) is -0.313. The molecule has 45 heavy (non-hydrogen) atoms. The fourth-order valence-electron chi connectivity index (χ4n) is 5.31. The molecule has 1 aromatic heterocycles. The maximum Gasteiger partial charge on any atom is 0.328 e. The van der Waals surface area contributed by atoms with E-state index in [2.05, 4.69) is 21.7 Å². The Labute approximate surface area is 273 Å². The predicted molar refractivity (Wildman–Crippen MR) is 180 cm³/mol. The molecule has 1 aliphatic rings. The van der Waals surface area contributed by atoms with E-state index in [1.54, 1.807) is 62.3 Å². The number of amides is 1. The van der Waals surface area contributed by atoms with E-state index in [9.17, 15) is 18.8 Å². The molecule has 2 aromatic carbocycles. The lowest BCUT2D eigenvalue weighted by Crippen LogP contribution is -2.43. The second kappa shape index (κ2) is 17.5.